The molecule has 4 nitrogen and oxygen atoms in total. The Morgan fingerprint density at radius 3 is 2.20 bits per heavy atom. The smallest absolute Gasteiger partial charge is 0.313 e. The lowest BCUT2D eigenvalue weighted by Gasteiger charge is -2.08. The molecule has 8 heteroatoms. The van der Waals surface area contributed by atoms with Gasteiger partial charge in [-0.05, 0) is 37.1 Å². The zero-order valence-electron chi connectivity index (χ0n) is 10.7. The third kappa shape index (κ3) is 6.88. The van der Waals surface area contributed by atoms with Gasteiger partial charge in [-0.2, -0.15) is 21.6 Å². The Balaban J connectivity index is 2.26. The maximum Gasteiger partial charge on any atom is 0.416 e. The summed E-state index contributed by atoms with van der Waals surface area (Å²) >= 11 is 0. The lowest BCUT2D eigenvalue weighted by Crippen LogP contribution is -2.16. The van der Waals surface area contributed by atoms with Crippen LogP contribution in [0.5, 0.6) is 0 Å². The highest BCUT2D eigenvalue weighted by Gasteiger charge is 2.29. The van der Waals surface area contributed by atoms with E-state index < -0.39 is 21.9 Å². The van der Waals surface area contributed by atoms with Crippen molar-refractivity contribution in [1.29, 1.82) is 0 Å². The van der Waals surface area contributed by atoms with Crippen LogP contribution in [0.4, 0.5) is 13.2 Å². The Bertz CT molecular complexity index is 512. The molecule has 1 aromatic rings. The molecule has 0 aliphatic heterocycles. The van der Waals surface area contributed by atoms with E-state index in [1.807, 2.05) is 0 Å². The van der Waals surface area contributed by atoms with E-state index in [1.54, 1.807) is 0 Å². The predicted octanol–water partition coefficient (Wildman–Crippen LogP) is 2.46. The van der Waals surface area contributed by atoms with Crippen molar-refractivity contribution in [3.8, 4) is 0 Å². The van der Waals surface area contributed by atoms with Gasteiger partial charge in [-0.15, -0.1) is 0 Å². The Hall–Kier alpha value is -1.12. The molecule has 1 rings (SSSR count). The fourth-order valence-electron chi connectivity index (χ4n) is 1.58. The normalized spacial score (nSPS) is 12.6. The van der Waals surface area contributed by atoms with E-state index in [9.17, 15) is 21.6 Å². The van der Waals surface area contributed by atoms with E-state index in [4.69, 9.17) is 4.55 Å². The van der Waals surface area contributed by atoms with Crippen LogP contribution >= 0.6 is 0 Å². The van der Waals surface area contributed by atoms with Crippen molar-refractivity contribution < 1.29 is 26.1 Å². The molecule has 2 N–H and O–H groups in total. The number of benzene rings is 1. The van der Waals surface area contributed by atoms with Crippen molar-refractivity contribution in [2.75, 3.05) is 12.3 Å². The molecule has 0 aliphatic rings. The van der Waals surface area contributed by atoms with Crippen molar-refractivity contribution in [3.05, 3.63) is 35.4 Å². The number of halogens is 3. The monoisotopic (exact) mass is 311 g/mol. The molecule has 0 bridgehead atoms. The van der Waals surface area contributed by atoms with Crippen LogP contribution in [0.15, 0.2) is 24.3 Å². The molecule has 20 heavy (non-hydrogen) atoms. The topological polar surface area (TPSA) is 66.4 Å². The molecule has 0 saturated heterocycles. The summed E-state index contributed by atoms with van der Waals surface area (Å²) in [5.41, 5.74) is 0.0298. The van der Waals surface area contributed by atoms with Gasteiger partial charge < -0.3 is 5.32 Å². The number of hydrogen-bond acceptors (Lipinski definition) is 3. The first-order valence-corrected chi connectivity index (χ1v) is 7.61. The summed E-state index contributed by atoms with van der Waals surface area (Å²) < 4.78 is 66.4. The van der Waals surface area contributed by atoms with Gasteiger partial charge in [0.05, 0.1) is 11.3 Å². The Morgan fingerprint density at radius 2 is 1.70 bits per heavy atom. The van der Waals surface area contributed by atoms with Crippen molar-refractivity contribution in [1.82, 2.24) is 5.32 Å². The van der Waals surface area contributed by atoms with Gasteiger partial charge in [-0.3, -0.25) is 4.55 Å². The van der Waals surface area contributed by atoms with Gasteiger partial charge in [0.2, 0.25) is 0 Å². The van der Waals surface area contributed by atoms with Gasteiger partial charge in [0.15, 0.2) is 0 Å². The maximum absolute atomic E-state index is 12.3. The summed E-state index contributed by atoms with van der Waals surface area (Å²) in [7, 11) is -3.92. The highest BCUT2D eigenvalue weighted by Crippen LogP contribution is 2.28. The van der Waals surface area contributed by atoms with Crippen molar-refractivity contribution in [3.63, 3.8) is 0 Å². The summed E-state index contributed by atoms with van der Waals surface area (Å²) in [5.74, 6) is -0.283. The quantitative estimate of drug-likeness (QED) is 0.600. The maximum atomic E-state index is 12.3. The van der Waals surface area contributed by atoms with Gasteiger partial charge in [0.25, 0.3) is 10.1 Å². The van der Waals surface area contributed by atoms with E-state index in [2.05, 4.69) is 5.32 Å². The third-order valence-electron chi connectivity index (χ3n) is 2.62. The van der Waals surface area contributed by atoms with Crippen molar-refractivity contribution >= 4 is 10.1 Å². The molecule has 0 fully saturated rings. The summed E-state index contributed by atoms with van der Waals surface area (Å²) in [6, 6.07) is 4.84. The number of rotatable bonds is 7. The molecule has 0 saturated carbocycles. The fourth-order valence-corrected chi connectivity index (χ4v) is 2.15. The molecule has 0 spiro atoms. The lowest BCUT2D eigenvalue weighted by atomic mass is 10.1. The molecule has 0 amide bonds. The minimum absolute atomic E-state index is 0.283. The van der Waals surface area contributed by atoms with Crippen molar-refractivity contribution in [2.24, 2.45) is 0 Å². The van der Waals surface area contributed by atoms with E-state index in [-0.39, 0.29) is 5.75 Å². The Morgan fingerprint density at radius 1 is 1.10 bits per heavy atom. The molecule has 0 aromatic heterocycles. The van der Waals surface area contributed by atoms with Crippen molar-refractivity contribution in [2.45, 2.75) is 25.6 Å². The Kier molecular flexibility index (Phi) is 5.97. The SMILES string of the molecule is O=S(=O)(O)CCCCNCc1ccc(C(F)(F)F)cc1. The van der Waals surface area contributed by atoms with E-state index in [0.29, 0.717) is 31.5 Å². The van der Waals surface area contributed by atoms with E-state index in [0.717, 1.165) is 12.1 Å². The first-order valence-electron chi connectivity index (χ1n) is 6.00. The molecular formula is C12H16F3NO3S. The third-order valence-corrected chi connectivity index (χ3v) is 3.42. The summed E-state index contributed by atoms with van der Waals surface area (Å²) in [6.45, 7) is 0.931. The zero-order valence-corrected chi connectivity index (χ0v) is 11.5. The van der Waals surface area contributed by atoms with Crippen LogP contribution in [-0.4, -0.2) is 25.3 Å². The lowest BCUT2D eigenvalue weighted by molar-refractivity contribution is -0.137. The molecule has 0 atom stereocenters. The highest BCUT2D eigenvalue weighted by molar-refractivity contribution is 7.85. The zero-order chi connectivity index (χ0) is 15.2. The number of alkyl halides is 3. The van der Waals surface area contributed by atoms with Crippen LogP contribution in [0.25, 0.3) is 0 Å². The molecule has 0 unspecified atom stereocenters. The first-order chi connectivity index (χ1) is 9.18. The first kappa shape index (κ1) is 16.9. The highest BCUT2D eigenvalue weighted by atomic mass is 32.2. The predicted molar refractivity (Wildman–Crippen MR) is 68.8 cm³/mol. The van der Waals surface area contributed by atoms with Crippen LogP contribution in [0.2, 0.25) is 0 Å². The van der Waals surface area contributed by atoms with Crippen LogP contribution in [0.3, 0.4) is 0 Å². The van der Waals surface area contributed by atoms with Gasteiger partial charge in [0, 0.05) is 6.54 Å². The molecule has 0 aliphatic carbocycles. The molecular weight excluding hydrogens is 295 g/mol. The number of nitrogens with one attached hydrogen (secondary N) is 1. The molecule has 0 heterocycles. The molecule has 1 aromatic carbocycles. The molecule has 114 valence electrons. The summed E-state index contributed by atoms with van der Waals surface area (Å²) in [6.07, 6.45) is -3.44. The Labute approximate surface area is 115 Å². The minimum atomic E-state index is -4.33. The minimum Gasteiger partial charge on any atom is -0.313 e. The van der Waals surface area contributed by atoms with Crippen LogP contribution in [0.1, 0.15) is 24.0 Å². The second-order valence-electron chi connectivity index (χ2n) is 4.36. The number of hydrogen-bond donors (Lipinski definition) is 2. The second kappa shape index (κ2) is 7.05. The average Bonchev–Trinajstić information content (AvgIpc) is 2.32. The van der Waals surface area contributed by atoms with Crippen LogP contribution in [-0.2, 0) is 22.8 Å². The summed E-state index contributed by atoms with van der Waals surface area (Å²) in [5, 5.41) is 2.99. The molecule has 0 radical (unpaired) electrons. The standard InChI is InChI=1S/C12H16F3NO3S/c13-12(14,15)11-5-3-10(4-6-11)9-16-7-1-2-8-20(17,18)19/h3-6,16H,1-2,7-9H2,(H,17,18,19). The van der Waals surface area contributed by atoms with Gasteiger partial charge in [-0.1, -0.05) is 12.1 Å². The van der Waals surface area contributed by atoms with Crippen LogP contribution in [0, 0.1) is 0 Å². The number of unbranched alkanes of at least 4 members (excludes halogenated alkanes) is 1. The second-order valence-corrected chi connectivity index (χ2v) is 5.94. The fraction of sp³-hybridized carbons (Fsp3) is 0.500. The van der Waals surface area contributed by atoms with E-state index in [1.165, 1.54) is 12.1 Å². The van der Waals surface area contributed by atoms with Crippen LogP contribution < -0.4 is 5.32 Å². The van der Waals surface area contributed by atoms with Gasteiger partial charge in [-0.25, -0.2) is 0 Å². The largest absolute Gasteiger partial charge is 0.416 e. The summed E-state index contributed by atoms with van der Waals surface area (Å²) in [4.78, 5) is 0. The average molecular weight is 311 g/mol. The van der Waals surface area contributed by atoms with Gasteiger partial charge >= 0.3 is 6.18 Å². The van der Waals surface area contributed by atoms with E-state index >= 15 is 0 Å². The van der Waals surface area contributed by atoms with Gasteiger partial charge in [0.1, 0.15) is 0 Å².